The molecular formula is C63H86N6O14. The second-order valence-corrected chi connectivity index (χ2v) is 23.3. The third-order valence-electron chi connectivity index (χ3n) is 15.7. The van der Waals surface area contributed by atoms with Gasteiger partial charge in [0.05, 0.1) is 31.6 Å². The lowest BCUT2D eigenvalue weighted by Crippen LogP contribution is -2.61. The van der Waals surface area contributed by atoms with E-state index >= 15 is 9.59 Å². The van der Waals surface area contributed by atoms with Crippen molar-refractivity contribution < 1.29 is 67.3 Å². The SMILES string of the molecule is CC[C@H](C)[C@H]1NC(=O)[C@@H](NC(=O)[C@@H](CC(C)C)N(C)C(=O)c2ccc(C(=O)c3ccccc3)cc2)[C@@H](C)OC(=O)[C@H](Cc2ccc(OC)cc2)N(C)C(=O)C2CCCN2C(=O)[C@H](CC(C)C)NC(=O)[C@@H](C)C(=O)[C@H](C(C)C)OC(=O)C[C@@H]1O. The Hall–Kier alpha value is -7.48. The van der Waals surface area contributed by atoms with Crippen LogP contribution in [0.2, 0.25) is 0 Å². The molecule has 3 aromatic carbocycles. The van der Waals surface area contributed by atoms with Gasteiger partial charge >= 0.3 is 11.9 Å². The van der Waals surface area contributed by atoms with Crippen LogP contribution in [-0.2, 0) is 54.3 Å². The zero-order valence-electron chi connectivity index (χ0n) is 50.3. The molecule has 11 atom stereocenters. The molecule has 3 aromatic rings. The van der Waals surface area contributed by atoms with Crippen LogP contribution in [0.5, 0.6) is 5.75 Å². The summed E-state index contributed by atoms with van der Waals surface area (Å²) in [5.41, 5.74) is 1.54. The highest BCUT2D eigenvalue weighted by atomic mass is 16.6. The first kappa shape index (κ1) is 66.3. The summed E-state index contributed by atoms with van der Waals surface area (Å²) in [6, 6.07) is 13.5. The number of Topliss-reactive ketones (excluding diaryl/α,β-unsaturated/α-hetero) is 1. The van der Waals surface area contributed by atoms with Gasteiger partial charge < -0.3 is 50.0 Å². The van der Waals surface area contributed by atoms with Crippen LogP contribution < -0.4 is 20.7 Å². The minimum atomic E-state index is -1.75. The van der Waals surface area contributed by atoms with Gasteiger partial charge in [0.2, 0.25) is 29.5 Å². The summed E-state index contributed by atoms with van der Waals surface area (Å²) < 4.78 is 17.3. The molecular weight excluding hydrogens is 1060 g/mol. The second kappa shape index (κ2) is 30.2. The fourth-order valence-corrected chi connectivity index (χ4v) is 10.5. The van der Waals surface area contributed by atoms with E-state index in [1.807, 2.05) is 27.7 Å². The first-order chi connectivity index (χ1) is 39.2. The van der Waals surface area contributed by atoms with Crippen molar-refractivity contribution in [3.8, 4) is 5.75 Å². The highest BCUT2D eigenvalue weighted by molar-refractivity contribution is 6.09. The fraction of sp³-hybridized carbons (Fsp3) is 0.556. The van der Waals surface area contributed by atoms with Crippen molar-refractivity contribution in [1.29, 1.82) is 0 Å². The minimum Gasteiger partial charge on any atom is -0.497 e. The number of aliphatic hydroxyl groups is 1. The predicted octanol–water partition coefficient (Wildman–Crippen LogP) is 5.49. The number of ether oxygens (including phenoxy) is 3. The zero-order chi connectivity index (χ0) is 61.6. The van der Waals surface area contributed by atoms with Gasteiger partial charge in [-0.25, -0.2) is 4.79 Å². The summed E-state index contributed by atoms with van der Waals surface area (Å²) in [5, 5.41) is 20.2. The quantitative estimate of drug-likeness (QED) is 0.0786. The molecule has 0 aliphatic carbocycles. The van der Waals surface area contributed by atoms with Crippen LogP contribution in [0.1, 0.15) is 140 Å². The molecule has 20 heteroatoms. The molecule has 5 rings (SSSR count). The lowest BCUT2D eigenvalue weighted by atomic mass is 9.91. The number of carbonyl (C=O) groups is 10. The second-order valence-electron chi connectivity index (χ2n) is 23.3. The number of rotatable bonds is 16. The highest BCUT2D eigenvalue weighted by Gasteiger charge is 2.45. The van der Waals surface area contributed by atoms with Crippen LogP contribution in [0.25, 0.3) is 0 Å². The molecule has 1 unspecified atom stereocenters. The third-order valence-corrected chi connectivity index (χ3v) is 15.7. The molecule has 2 aliphatic heterocycles. The van der Waals surface area contributed by atoms with Gasteiger partial charge in [0, 0.05) is 43.8 Å². The van der Waals surface area contributed by atoms with E-state index < -0.39 is 132 Å². The maximum absolute atomic E-state index is 15.1. The van der Waals surface area contributed by atoms with Crippen molar-refractivity contribution in [3.63, 3.8) is 0 Å². The Balaban J connectivity index is 1.60. The predicted molar refractivity (Wildman–Crippen MR) is 309 cm³/mol. The van der Waals surface area contributed by atoms with Gasteiger partial charge in [0.1, 0.15) is 42.1 Å². The Morgan fingerprint density at radius 2 is 1.41 bits per heavy atom. The molecule has 0 aromatic heterocycles. The van der Waals surface area contributed by atoms with Crippen molar-refractivity contribution in [2.24, 2.45) is 29.6 Å². The van der Waals surface area contributed by atoms with Gasteiger partial charge in [0.15, 0.2) is 17.7 Å². The monoisotopic (exact) mass is 1150 g/mol. The molecule has 2 fully saturated rings. The number of benzene rings is 3. The first-order valence-electron chi connectivity index (χ1n) is 28.9. The van der Waals surface area contributed by atoms with Crippen molar-refractivity contribution in [1.82, 2.24) is 30.7 Å². The number of hydrogen-bond donors (Lipinski definition) is 4. The van der Waals surface area contributed by atoms with Crippen LogP contribution >= 0.6 is 0 Å². The summed E-state index contributed by atoms with van der Waals surface area (Å²) in [7, 11) is 4.33. The number of amides is 6. The molecule has 0 radical (unpaired) electrons. The number of cyclic esters (lactones) is 2. The van der Waals surface area contributed by atoms with E-state index in [0.717, 1.165) is 0 Å². The number of methoxy groups -OCH3 is 1. The topological polar surface area (TPSA) is 264 Å². The van der Waals surface area contributed by atoms with Crippen LogP contribution in [0.4, 0.5) is 0 Å². The number of carbonyl (C=O) groups excluding carboxylic acids is 10. The molecule has 0 spiro atoms. The largest absolute Gasteiger partial charge is 0.497 e. The third kappa shape index (κ3) is 17.3. The van der Waals surface area contributed by atoms with Crippen LogP contribution in [0.15, 0.2) is 78.9 Å². The average Bonchev–Trinajstić information content (AvgIpc) is 4.24. The minimum absolute atomic E-state index is 0.0934. The van der Waals surface area contributed by atoms with Crippen LogP contribution in [-0.4, -0.2) is 161 Å². The summed E-state index contributed by atoms with van der Waals surface area (Å²) >= 11 is 0. The molecule has 0 bridgehead atoms. The molecule has 452 valence electrons. The molecule has 83 heavy (non-hydrogen) atoms. The molecule has 6 amide bonds. The zero-order valence-corrected chi connectivity index (χ0v) is 50.3. The Morgan fingerprint density at radius 1 is 0.795 bits per heavy atom. The van der Waals surface area contributed by atoms with Gasteiger partial charge in [0.25, 0.3) is 5.91 Å². The first-order valence-corrected chi connectivity index (χ1v) is 28.9. The normalized spacial score (nSPS) is 24.5. The van der Waals surface area contributed by atoms with Gasteiger partial charge in [-0.3, -0.25) is 43.2 Å². The van der Waals surface area contributed by atoms with E-state index in [2.05, 4.69) is 16.0 Å². The van der Waals surface area contributed by atoms with Gasteiger partial charge in [-0.1, -0.05) is 116 Å². The lowest BCUT2D eigenvalue weighted by Gasteiger charge is -2.36. The van der Waals surface area contributed by atoms with Crippen LogP contribution in [0, 0.1) is 29.6 Å². The van der Waals surface area contributed by atoms with Crippen LogP contribution in [0.3, 0.4) is 0 Å². The van der Waals surface area contributed by atoms with E-state index in [0.29, 0.717) is 35.3 Å². The number of aliphatic hydroxyl groups excluding tert-OH is 1. The molecule has 2 saturated heterocycles. The average molecular weight is 1150 g/mol. The smallest absolute Gasteiger partial charge is 0.329 e. The van der Waals surface area contributed by atoms with E-state index in [9.17, 15) is 43.5 Å². The number of nitrogens with zero attached hydrogens (tertiary/aromatic N) is 3. The Kier molecular flexibility index (Phi) is 24.1. The number of esters is 2. The summed E-state index contributed by atoms with van der Waals surface area (Å²) in [6.45, 7) is 17.0. The van der Waals surface area contributed by atoms with E-state index in [4.69, 9.17) is 14.2 Å². The van der Waals surface area contributed by atoms with Gasteiger partial charge in [-0.2, -0.15) is 0 Å². The fourth-order valence-electron chi connectivity index (χ4n) is 10.5. The number of fused-ring (bicyclic) bond motifs is 1. The van der Waals surface area contributed by atoms with E-state index in [1.54, 1.807) is 82.3 Å². The van der Waals surface area contributed by atoms with E-state index in [1.165, 1.54) is 74.0 Å². The van der Waals surface area contributed by atoms with Crippen molar-refractivity contribution in [2.75, 3.05) is 27.7 Å². The number of ketones is 2. The molecule has 20 nitrogen and oxygen atoms in total. The summed E-state index contributed by atoms with van der Waals surface area (Å²) in [6.07, 6.45) is -4.30. The van der Waals surface area contributed by atoms with Gasteiger partial charge in [-0.15, -0.1) is 0 Å². The Labute approximate surface area is 488 Å². The maximum Gasteiger partial charge on any atom is 0.329 e. The standard InChI is InChI=1S/C63H86N6O14/c1-14-38(8)52-50(70)34-51(71)83-56(37(6)7)54(72)39(9)57(74)64-46(31-35(2)3)61(78)69-30-18-21-47(69)62(79)68(12)49(33-41-22-28-45(81-13)29-23-41)63(80)82-40(10)53(59(76)65-52)66-58(75)48(32-36(4)5)67(11)60(77)44-26-24-43(25-27-44)55(73)42-19-16-15-17-20-42/h15-17,19-20,22-29,35-40,46-50,52-53,56,70H,14,18,21,30-34H2,1-13H3,(H,64,74)(H,65,76)(H,66,75)/t38-,39-,40+,46-,47?,48+,49-,50-,52+,53-,56-/m0/s1. The Bertz CT molecular complexity index is 2770. The Morgan fingerprint density at radius 3 is 1.99 bits per heavy atom. The summed E-state index contributed by atoms with van der Waals surface area (Å²) in [5.74, 6) is -9.78. The van der Waals surface area contributed by atoms with E-state index in [-0.39, 0.29) is 55.4 Å². The van der Waals surface area contributed by atoms with Crippen molar-refractivity contribution in [3.05, 3.63) is 101 Å². The number of likely N-dealkylation sites (N-methyl/N-ethyl adjacent to an activating group) is 2. The molecule has 4 N–H and O–H groups in total. The molecule has 0 saturated carbocycles. The summed E-state index contributed by atoms with van der Waals surface area (Å²) in [4.78, 5) is 148. The number of nitrogens with one attached hydrogen (secondary N) is 3. The molecule has 2 aliphatic rings. The van der Waals surface area contributed by atoms with Crippen molar-refractivity contribution >= 4 is 58.9 Å². The number of hydrogen-bond acceptors (Lipinski definition) is 14. The van der Waals surface area contributed by atoms with Gasteiger partial charge in [-0.05, 0) is 93.0 Å². The highest BCUT2D eigenvalue weighted by Crippen LogP contribution is 2.27. The lowest BCUT2D eigenvalue weighted by molar-refractivity contribution is -0.163. The maximum atomic E-state index is 15.1. The van der Waals surface area contributed by atoms with Crippen molar-refractivity contribution in [2.45, 2.75) is 169 Å². The molecule has 2 heterocycles.